The second kappa shape index (κ2) is 7.20. The fourth-order valence-electron chi connectivity index (χ4n) is 1.99. The summed E-state index contributed by atoms with van der Waals surface area (Å²) in [7, 11) is -2.93. The highest BCUT2D eigenvalue weighted by molar-refractivity contribution is 7.89. The van der Waals surface area contributed by atoms with Crippen LogP contribution in [0, 0.1) is 10.1 Å². The maximum absolute atomic E-state index is 12.4. The van der Waals surface area contributed by atoms with Gasteiger partial charge in [-0.1, -0.05) is 30.3 Å². The summed E-state index contributed by atoms with van der Waals surface area (Å²) in [6, 6.07) is 11.3. The van der Waals surface area contributed by atoms with Crippen LogP contribution in [0.3, 0.4) is 0 Å². The van der Waals surface area contributed by atoms with Crippen molar-refractivity contribution >= 4 is 21.7 Å². The van der Waals surface area contributed by atoms with E-state index in [0.717, 1.165) is 31.4 Å². The van der Waals surface area contributed by atoms with Crippen molar-refractivity contribution in [2.24, 2.45) is 0 Å². The molecule has 8 nitrogen and oxygen atoms in total. The molecule has 1 N–H and O–H groups in total. The van der Waals surface area contributed by atoms with Crippen molar-refractivity contribution in [2.45, 2.75) is 10.9 Å². The van der Waals surface area contributed by atoms with Gasteiger partial charge in [0.25, 0.3) is 5.69 Å². The third-order valence-corrected chi connectivity index (χ3v) is 4.64. The van der Waals surface area contributed by atoms with Gasteiger partial charge in [-0.05, 0) is 17.7 Å². The van der Waals surface area contributed by atoms with E-state index in [2.05, 4.69) is 9.46 Å². The maximum atomic E-state index is 12.4. The highest BCUT2D eigenvalue weighted by atomic mass is 32.2. The molecule has 0 fully saturated rings. The zero-order valence-electron chi connectivity index (χ0n) is 12.6. The van der Waals surface area contributed by atoms with Gasteiger partial charge in [0, 0.05) is 12.1 Å². The molecule has 0 amide bonds. The number of sulfonamides is 1. The number of hydrogen-bond donors (Lipinski definition) is 1. The summed E-state index contributed by atoms with van der Waals surface area (Å²) in [6.45, 7) is 0. The minimum absolute atomic E-state index is 0.196. The van der Waals surface area contributed by atoms with Crippen LogP contribution in [0.1, 0.15) is 11.6 Å². The van der Waals surface area contributed by atoms with E-state index in [4.69, 9.17) is 0 Å². The molecule has 1 unspecified atom stereocenters. The van der Waals surface area contributed by atoms with Crippen LogP contribution in [0.5, 0.6) is 0 Å². The first-order valence-electron chi connectivity index (χ1n) is 6.74. The van der Waals surface area contributed by atoms with Crippen molar-refractivity contribution in [1.29, 1.82) is 0 Å². The summed E-state index contributed by atoms with van der Waals surface area (Å²) in [5, 5.41) is 10.6. The standard InChI is InChI=1S/C15H14N2O6S/c1-23-15(18)14(11-5-3-2-4-6-11)16-24(21,22)13-9-7-12(8-10-13)17(19)20/h2-10,14,16H,1H3. The van der Waals surface area contributed by atoms with Crippen LogP contribution < -0.4 is 4.72 Å². The first-order chi connectivity index (χ1) is 11.3. The van der Waals surface area contributed by atoms with Crippen molar-refractivity contribution in [1.82, 2.24) is 4.72 Å². The van der Waals surface area contributed by atoms with Gasteiger partial charge >= 0.3 is 5.97 Å². The van der Waals surface area contributed by atoms with Gasteiger partial charge in [-0.3, -0.25) is 10.1 Å². The number of ether oxygens (including phenoxy) is 1. The summed E-state index contributed by atoms with van der Waals surface area (Å²) in [6.07, 6.45) is 0. The van der Waals surface area contributed by atoms with Crippen molar-refractivity contribution in [3.8, 4) is 0 Å². The zero-order valence-corrected chi connectivity index (χ0v) is 13.4. The molecule has 0 bridgehead atoms. The van der Waals surface area contributed by atoms with Crippen LogP contribution >= 0.6 is 0 Å². The van der Waals surface area contributed by atoms with E-state index in [1.807, 2.05) is 0 Å². The topological polar surface area (TPSA) is 116 Å². The van der Waals surface area contributed by atoms with Crippen molar-refractivity contribution in [2.75, 3.05) is 7.11 Å². The molecule has 0 spiro atoms. The number of esters is 1. The molecule has 9 heteroatoms. The highest BCUT2D eigenvalue weighted by Gasteiger charge is 2.28. The molecule has 0 radical (unpaired) electrons. The Balaban J connectivity index is 2.33. The third kappa shape index (κ3) is 3.94. The van der Waals surface area contributed by atoms with Crippen LogP contribution in [0.4, 0.5) is 5.69 Å². The van der Waals surface area contributed by atoms with Gasteiger partial charge in [-0.2, -0.15) is 4.72 Å². The van der Waals surface area contributed by atoms with E-state index in [9.17, 15) is 23.3 Å². The second-order valence-corrected chi connectivity index (χ2v) is 6.45. The van der Waals surface area contributed by atoms with Crippen molar-refractivity contribution < 1.29 is 22.9 Å². The smallest absolute Gasteiger partial charge is 0.328 e. The van der Waals surface area contributed by atoms with Gasteiger partial charge in [-0.15, -0.1) is 0 Å². The van der Waals surface area contributed by atoms with Crippen LogP contribution in [0.2, 0.25) is 0 Å². The summed E-state index contributed by atoms with van der Waals surface area (Å²) in [4.78, 5) is 21.7. The van der Waals surface area contributed by atoms with Gasteiger partial charge in [0.1, 0.15) is 6.04 Å². The average molecular weight is 350 g/mol. The van der Waals surface area contributed by atoms with Crippen molar-refractivity contribution in [3.63, 3.8) is 0 Å². The van der Waals surface area contributed by atoms with E-state index in [-0.39, 0.29) is 10.6 Å². The molecule has 0 aliphatic heterocycles. The van der Waals surface area contributed by atoms with E-state index < -0.39 is 27.0 Å². The lowest BCUT2D eigenvalue weighted by atomic mass is 10.1. The molecule has 2 rings (SSSR count). The molecule has 2 aromatic rings. The molecule has 1 atom stereocenters. The van der Waals surface area contributed by atoms with E-state index in [1.165, 1.54) is 0 Å². The van der Waals surface area contributed by atoms with E-state index in [0.29, 0.717) is 5.56 Å². The Bertz CT molecular complexity index is 834. The number of carbonyl (C=O) groups excluding carboxylic acids is 1. The van der Waals surface area contributed by atoms with Gasteiger partial charge in [-0.25, -0.2) is 13.2 Å². The summed E-state index contributed by atoms with van der Waals surface area (Å²) < 4.78 is 31.8. The number of nitro benzene ring substituents is 1. The number of carbonyl (C=O) groups is 1. The maximum Gasteiger partial charge on any atom is 0.328 e. The lowest BCUT2D eigenvalue weighted by Gasteiger charge is -2.17. The fraction of sp³-hybridized carbons (Fsp3) is 0.133. The molecular formula is C15H14N2O6S. The Morgan fingerprint density at radius 3 is 2.21 bits per heavy atom. The highest BCUT2D eigenvalue weighted by Crippen LogP contribution is 2.20. The van der Waals surface area contributed by atoms with Crippen LogP contribution in [-0.4, -0.2) is 26.4 Å². The number of hydrogen-bond acceptors (Lipinski definition) is 6. The first-order valence-corrected chi connectivity index (χ1v) is 8.23. The Hall–Kier alpha value is -2.78. The molecule has 0 aromatic heterocycles. The Morgan fingerprint density at radius 1 is 1.12 bits per heavy atom. The van der Waals surface area contributed by atoms with Gasteiger partial charge in [0.15, 0.2) is 0 Å². The normalized spacial score (nSPS) is 12.4. The fourth-order valence-corrected chi connectivity index (χ4v) is 3.16. The van der Waals surface area contributed by atoms with Gasteiger partial charge < -0.3 is 4.74 Å². The molecule has 0 aliphatic rings. The number of benzene rings is 2. The molecule has 24 heavy (non-hydrogen) atoms. The number of rotatable bonds is 6. The molecule has 0 saturated heterocycles. The number of non-ortho nitro benzene ring substituents is 1. The summed E-state index contributed by atoms with van der Waals surface area (Å²) in [5.41, 5.74) is 0.177. The van der Waals surface area contributed by atoms with Crippen LogP contribution in [0.25, 0.3) is 0 Å². The number of nitrogens with one attached hydrogen (secondary N) is 1. The molecule has 0 heterocycles. The Kier molecular flexibility index (Phi) is 5.27. The number of methoxy groups -OCH3 is 1. The monoisotopic (exact) mass is 350 g/mol. The number of nitro groups is 1. The molecule has 0 aliphatic carbocycles. The van der Waals surface area contributed by atoms with Crippen molar-refractivity contribution in [3.05, 3.63) is 70.3 Å². The predicted molar refractivity (Wildman–Crippen MR) is 84.6 cm³/mol. The van der Waals surface area contributed by atoms with E-state index in [1.54, 1.807) is 30.3 Å². The summed E-state index contributed by atoms with van der Waals surface area (Å²) >= 11 is 0. The summed E-state index contributed by atoms with van der Waals surface area (Å²) in [5.74, 6) is -0.772. The average Bonchev–Trinajstić information content (AvgIpc) is 2.60. The largest absolute Gasteiger partial charge is 0.468 e. The quantitative estimate of drug-likeness (QED) is 0.482. The molecule has 126 valence electrons. The lowest BCUT2D eigenvalue weighted by Crippen LogP contribution is -2.34. The second-order valence-electron chi connectivity index (χ2n) is 4.74. The molecule has 2 aromatic carbocycles. The minimum atomic E-state index is -4.08. The van der Waals surface area contributed by atoms with Crippen LogP contribution in [-0.2, 0) is 19.6 Å². The number of nitrogens with zero attached hydrogens (tertiary/aromatic N) is 1. The SMILES string of the molecule is COC(=O)C(NS(=O)(=O)c1ccc([N+](=O)[O-])cc1)c1ccccc1. The van der Waals surface area contributed by atoms with Gasteiger partial charge in [0.2, 0.25) is 10.0 Å². The third-order valence-electron chi connectivity index (χ3n) is 3.20. The molecule has 0 saturated carbocycles. The Morgan fingerprint density at radius 2 is 1.71 bits per heavy atom. The van der Waals surface area contributed by atoms with Crippen LogP contribution in [0.15, 0.2) is 59.5 Å². The van der Waals surface area contributed by atoms with E-state index >= 15 is 0 Å². The zero-order chi connectivity index (χ0) is 17.7. The lowest BCUT2D eigenvalue weighted by molar-refractivity contribution is -0.384. The van der Waals surface area contributed by atoms with Gasteiger partial charge in [0.05, 0.1) is 16.9 Å². The molecular weight excluding hydrogens is 336 g/mol. The predicted octanol–water partition coefficient (Wildman–Crippen LogP) is 1.79. The Labute approximate surface area is 138 Å². The first kappa shape index (κ1) is 17.6. The minimum Gasteiger partial charge on any atom is -0.468 e.